The summed E-state index contributed by atoms with van der Waals surface area (Å²) in [5, 5.41) is 3.47. The Morgan fingerprint density at radius 3 is 2.47 bits per heavy atom. The molecule has 1 aromatic rings. The molecule has 108 valence electrons. The summed E-state index contributed by atoms with van der Waals surface area (Å²) >= 11 is 0. The summed E-state index contributed by atoms with van der Waals surface area (Å²) in [6, 6.07) is 4.77. The minimum Gasteiger partial charge on any atom is -0.357 e. The lowest BCUT2D eigenvalue weighted by Gasteiger charge is -2.29. The topological polar surface area (TPSA) is 28.2 Å². The van der Waals surface area contributed by atoms with Crippen molar-refractivity contribution in [3.05, 3.63) is 23.9 Å². The lowest BCUT2D eigenvalue weighted by molar-refractivity contribution is 0.502. The molecule has 3 nitrogen and oxygen atoms in total. The van der Waals surface area contributed by atoms with Gasteiger partial charge >= 0.3 is 0 Å². The Morgan fingerprint density at radius 2 is 1.89 bits per heavy atom. The van der Waals surface area contributed by atoms with Crippen molar-refractivity contribution in [2.45, 2.75) is 47.2 Å². The highest BCUT2D eigenvalue weighted by Gasteiger charge is 2.14. The van der Waals surface area contributed by atoms with Gasteiger partial charge in [-0.3, -0.25) is 0 Å². The fourth-order valence-electron chi connectivity index (χ4n) is 1.92. The molecule has 0 aliphatic rings. The van der Waals surface area contributed by atoms with Crippen molar-refractivity contribution in [1.82, 2.24) is 10.3 Å². The zero-order chi connectivity index (χ0) is 14.4. The highest BCUT2D eigenvalue weighted by atomic mass is 15.2. The Morgan fingerprint density at radius 1 is 1.21 bits per heavy atom. The summed E-state index contributed by atoms with van der Waals surface area (Å²) in [5.74, 6) is 2.37. The summed E-state index contributed by atoms with van der Waals surface area (Å²) in [4.78, 5) is 6.74. The molecule has 1 unspecified atom stereocenters. The summed E-state index contributed by atoms with van der Waals surface area (Å²) in [6.45, 7) is 13.2. The van der Waals surface area contributed by atoms with E-state index in [-0.39, 0.29) is 0 Å². The fraction of sp³-hybridized carbons (Fsp3) is 0.688. The van der Waals surface area contributed by atoms with Crippen LogP contribution in [-0.4, -0.2) is 24.6 Å². The Bertz CT molecular complexity index is 374. The van der Waals surface area contributed by atoms with E-state index in [1.165, 1.54) is 5.56 Å². The average Bonchev–Trinajstić information content (AvgIpc) is 2.36. The molecule has 1 rings (SSSR count). The maximum Gasteiger partial charge on any atom is 0.128 e. The van der Waals surface area contributed by atoms with Crippen LogP contribution < -0.4 is 10.2 Å². The minimum atomic E-state index is 0.492. The van der Waals surface area contributed by atoms with Crippen molar-refractivity contribution in [3.8, 4) is 0 Å². The Balaban J connectivity index is 2.66. The summed E-state index contributed by atoms with van der Waals surface area (Å²) in [7, 11) is 2.12. The van der Waals surface area contributed by atoms with Gasteiger partial charge in [-0.25, -0.2) is 4.98 Å². The number of nitrogens with zero attached hydrogens (tertiary/aromatic N) is 2. The van der Waals surface area contributed by atoms with Gasteiger partial charge < -0.3 is 10.2 Å². The number of aromatic nitrogens is 1. The van der Waals surface area contributed by atoms with Gasteiger partial charge in [0.25, 0.3) is 0 Å². The molecule has 1 atom stereocenters. The number of hydrogen-bond donors (Lipinski definition) is 1. The molecule has 1 aromatic heterocycles. The van der Waals surface area contributed by atoms with Crippen LogP contribution in [0.25, 0.3) is 0 Å². The Labute approximate surface area is 118 Å². The molecule has 0 saturated heterocycles. The summed E-state index contributed by atoms with van der Waals surface area (Å²) < 4.78 is 0. The van der Waals surface area contributed by atoms with Gasteiger partial charge in [-0.1, -0.05) is 27.7 Å². The first-order chi connectivity index (χ1) is 8.91. The van der Waals surface area contributed by atoms with Crippen LogP contribution in [0.4, 0.5) is 5.82 Å². The molecule has 0 saturated carbocycles. The van der Waals surface area contributed by atoms with Crippen LogP contribution in [-0.2, 0) is 6.54 Å². The molecule has 1 N–H and O–H groups in total. The molecule has 0 aliphatic carbocycles. The van der Waals surface area contributed by atoms with Gasteiger partial charge in [-0.2, -0.15) is 0 Å². The molecule has 19 heavy (non-hydrogen) atoms. The van der Waals surface area contributed by atoms with Gasteiger partial charge in [0, 0.05) is 25.8 Å². The maximum absolute atomic E-state index is 4.48. The van der Waals surface area contributed by atoms with Crippen LogP contribution in [0.5, 0.6) is 0 Å². The third kappa shape index (κ3) is 5.19. The molecular formula is C16H29N3. The Kier molecular flexibility index (Phi) is 6.29. The highest BCUT2D eigenvalue weighted by molar-refractivity contribution is 5.41. The molecule has 0 bridgehead atoms. The molecule has 0 fully saturated rings. The lowest BCUT2D eigenvalue weighted by Crippen LogP contribution is -2.33. The molecule has 3 heteroatoms. The first-order valence-corrected chi connectivity index (χ1v) is 7.30. The van der Waals surface area contributed by atoms with Gasteiger partial charge in [0.2, 0.25) is 0 Å². The quantitative estimate of drug-likeness (QED) is 0.818. The lowest BCUT2D eigenvalue weighted by atomic mass is 10.1. The number of nitrogens with one attached hydrogen (secondary N) is 1. The van der Waals surface area contributed by atoms with E-state index in [0.717, 1.165) is 18.9 Å². The van der Waals surface area contributed by atoms with Gasteiger partial charge in [0.05, 0.1) is 0 Å². The molecule has 0 amide bonds. The SMILES string of the molecule is CC(C)CNCc1ccnc(N(C)C(C)C(C)C)c1. The van der Waals surface area contributed by atoms with Gasteiger partial charge in [-0.15, -0.1) is 0 Å². The highest BCUT2D eigenvalue weighted by Crippen LogP contribution is 2.17. The van der Waals surface area contributed by atoms with E-state index >= 15 is 0 Å². The monoisotopic (exact) mass is 263 g/mol. The second-order valence-electron chi connectivity index (χ2n) is 6.14. The van der Waals surface area contributed by atoms with Crippen molar-refractivity contribution in [3.63, 3.8) is 0 Å². The van der Waals surface area contributed by atoms with Crippen LogP contribution in [0.3, 0.4) is 0 Å². The van der Waals surface area contributed by atoms with Crippen LogP contribution in [0.15, 0.2) is 18.3 Å². The van der Waals surface area contributed by atoms with Gasteiger partial charge in [0.1, 0.15) is 5.82 Å². The summed E-state index contributed by atoms with van der Waals surface area (Å²) in [6.07, 6.45) is 1.91. The van der Waals surface area contributed by atoms with E-state index in [1.54, 1.807) is 0 Å². The number of rotatable bonds is 7. The van der Waals surface area contributed by atoms with Crippen molar-refractivity contribution in [2.24, 2.45) is 11.8 Å². The van der Waals surface area contributed by atoms with Crippen LogP contribution in [0, 0.1) is 11.8 Å². The summed E-state index contributed by atoms with van der Waals surface area (Å²) in [5.41, 5.74) is 1.30. The fourth-order valence-corrected chi connectivity index (χ4v) is 1.92. The standard InChI is InChI=1S/C16H29N3/c1-12(2)10-17-11-15-7-8-18-16(9-15)19(6)14(5)13(3)4/h7-9,12-14,17H,10-11H2,1-6H3. The third-order valence-corrected chi connectivity index (χ3v) is 3.63. The maximum atomic E-state index is 4.48. The van der Waals surface area contributed by atoms with Crippen molar-refractivity contribution < 1.29 is 0 Å². The zero-order valence-electron chi connectivity index (χ0n) is 13.3. The minimum absolute atomic E-state index is 0.492. The van der Waals surface area contributed by atoms with E-state index in [2.05, 4.69) is 69.0 Å². The molecule has 0 aromatic carbocycles. The van der Waals surface area contributed by atoms with Crippen molar-refractivity contribution in [2.75, 3.05) is 18.5 Å². The zero-order valence-corrected chi connectivity index (χ0v) is 13.3. The van der Waals surface area contributed by atoms with E-state index in [0.29, 0.717) is 17.9 Å². The number of pyridine rings is 1. The molecule has 0 spiro atoms. The predicted octanol–water partition coefficient (Wildman–Crippen LogP) is 3.31. The largest absolute Gasteiger partial charge is 0.357 e. The third-order valence-electron chi connectivity index (χ3n) is 3.63. The first kappa shape index (κ1) is 16.0. The molecule has 0 aliphatic heterocycles. The number of anilines is 1. The van der Waals surface area contributed by atoms with E-state index in [1.807, 2.05) is 6.20 Å². The van der Waals surface area contributed by atoms with Crippen molar-refractivity contribution in [1.29, 1.82) is 0 Å². The van der Waals surface area contributed by atoms with Crippen molar-refractivity contribution >= 4 is 5.82 Å². The molecule has 1 heterocycles. The molecule has 0 radical (unpaired) electrons. The second-order valence-corrected chi connectivity index (χ2v) is 6.14. The van der Waals surface area contributed by atoms with Crippen LogP contribution in [0.2, 0.25) is 0 Å². The normalized spacial score (nSPS) is 13.1. The Hall–Kier alpha value is -1.09. The van der Waals surface area contributed by atoms with Crippen LogP contribution in [0.1, 0.15) is 40.2 Å². The van der Waals surface area contributed by atoms with E-state index in [4.69, 9.17) is 0 Å². The van der Waals surface area contributed by atoms with E-state index in [9.17, 15) is 0 Å². The first-order valence-electron chi connectivity index (χ1n) is 7.30. The predicted molar refractivity (Wildman–Crippen MR) is 83.5 cm³/mol. The molecular weight excluding hydrogens is 234 g/mol. The number of hydrogen-bond acceptors (Lipinski definition) is 3. The smallest absolute Gasteiger partial charge is 0.128 e. The second kappa shape index (κ2) is 7.49. The average molecular weight is 263 g/mol. The van der Waals surface area contributed by atoms with Gasteiger partial charge in [-0.05, 0) is 43.0 Å². The van der Waals surface area contributed by atoms with E-state index < -0.39 is 0 Å². The van der Waals surface area contributed by atoms with Crippen LogP contribution >= 0.6 is 0 Å². The van der Waals surface area contributed by atoms with Gasteiger partial charge in [0.15, 0.2) is 0 Å².